The largest absolute Gasteiger partial charge is 0.497 e. The van der Waals surface area contributed by atoms with Crippen LogP contribution in [0, 0.1) is 17.6 Å². The molecule has 0 spiro atoms. The summed E-state index contributed by atoms with van der Waals surface area (Å²) in [7, 11) is 1.68. The second-order valence-corrected chi connectivity index (χ2v) is 7.81. The fourth-order valence-corrected chi connectivity index (χ4v) is 4.19. The van der Waals surface area contributed by atoms with E-state index in [-0.39, 0.29) is 30.2 Å². The van der Waals surface area contributed by atoms with Crippen LogP contribution in [0.1, 0.15) is 22.7 Å². The number of hydrogen-bond donors (Lipinski definition) is 0. The molecule has 158 valence electrons. The van der Waals surface area contributed by atoms with Gasteiger partial charge in [0.15, 0.2) is 0 Å². The molecule has 3 aliphatic rings. The number of halogens is 2. The number of benzene rings is 2. The minimum absolute atomic E-state index is 0.0176. The van der Waals surface area contributed by atoms with Gasteiger partial charge in [-0.3, -0.25) is 0 Å². The van der Waals surface area contributed by atoms with Crippen LogP contribution in [0.3, 0.4) is 0 Å². The molecule has 2 aromatic carbocycles. The highest BCUT2D eigenvalue weighted by molar-refractivity contribution is 5.95. The second kappa shape index (κ2) is 8.02. The zero-order valence-electron chi connectivity index (χ0n) is 17.0. The topological polar surface area (TPSA) is 34.1 Å². The van der Waals surface area contributed by atoms with Crippen molar-refractivity contribution in [2.45, 2.75) is 18.6 Å². The van der Waals surface area contributed by atoms with Gasteiger partial charge in [-0.15, -0.1) is 0 Å². The monoisotopic (exact) mass is 420 g/mol. The highest BCUT2D eigenvalue weighted by Gasteiger charge is 2.29. The molecule has 0 fully saturated rings. The molecular weight excluding hydrogens is 398 g/mol. The van der Waals surface area contributed by atoms with Crippen molar-refractivity contribution >= 4 is 5.90 Å². The molecule has 31 heavy (non-hydrogen) atoms. The lowest BCUT2D eigenvalue weighted by molar-refractivity contribution is 0.271. The van der Waals surface area contributed by atoms with E-state index in [1.54, 1.807) is 7.11 Å². The molecule has 0 aromatic heterocycles. The van der Waals surface area contributed by atoms with Crippen LogP contribution >= 0.6 is 0 Å². The molecule has 4 nitrogen and oxygen atoms in total. The normalized spacial score (nSPS) is 24.0. The van der Waals surface area contributed by atoms with Gasteiger partial charge in [-0.1, -0.05) is 42.5 Å². The van der Waals surface area contributed by atoms with E-state index < -0.39 is 11.6 Å². The molecule has 3 atom stereocenters. The summed E-state index contributed by atoms with van der Waals surface area (Å²) >= 11 is 0. The van der Waals surface area contributed by atoms with Gasteiger partial charge in [0.05, 0.1) is 13.2 Å². The van der Waals surface area contributed by atoms with Crippen molar-refractivity contribution in [1.82, 2.24) is 4.90 Å². The Morgan fingerprint density at radius 3 is 2.61 bits per heavy atom. The summed E-state index contributed by atoms with van der Waals surface area (Å²) in [5.41, 5.74) is 1.91. The Kier molecular flexibility index (Phi) is 5.06. The molecule has 5 rings (SSSR count). The SMILES string of the molecule is COC1=CC2C(C=C1)C=CN2Cc1ccc(C2COC(c3c(F)cccc3F)=N2)cc1. The molecule has 2 aromatic rings. The van der Waals surface area contributed by atoms with Gasteiger partial charge >= 0.3 is 0 Å². The lowest BCUT2D eigenvalue weighted by Crippen LogP contribution is -2.30. The van der Waals surface area contributed by atoms with Gasteiger partial charge in [-0.05, 0) is 41.6 Å². The van der Waals surface area contributed by atoms with E-state index >= 15 is 0 Å². The average molecular weight is 420 g/mol. The van der Waals surface area contributed by atoms with Crippen LogP contribution in [0.5, 0.6) is 0 Å². The summed E-state index contributed by atoms with van der Waals surface area (Å²) in [4.78, 5) is 6.71. The first-order valence-corrected chi connectivity index (χ1v) is 10.2. The van der Waals surface area contributed by atoms with E-state index in [0.717, 1.165) is 17.9 Å². The lowest BCUT2D eigenvalue weighted by Gasteiger charge is -2.28. The van der Waals surface area contributed by atoms with E-state index in [1.165, 1.54) is 23.8 Å². The first kappa shape index (κ1) is 19.5. The summed E-state index contributed by atoms with van der Waals surface area (Å²) in [5, 5.41) is 0. The second-order valence-electron chi connectivity index (χ2n) is 7.81. The van der Waals surface area contributed by atoms with E-state index in [9.17, 15) is 8.78 Å². The lowest BCUT2D eigenvalue weighted by atomic mass is 9.96. The first-order chi connectivity index (χ1) is 15.1. The highest BCUT2D eigenvalue weighted by atomic mass is 19.1. The zero-order chi connectivity index (χ0) is 21.4. The third-order valence-electron chi connectivity index (χ3n) is 5.89. The van der Waals surface area contributed by atoms with Crippen molar-refractivity contribution < 1.29 is 18.3 Å². The van der Waals surface area contributed by atoms with E-state index in [1.807, 2.05) is 18.2 Å². The quantitative estimate of drug-likeness (QED) is 0.690. The Bertz CT molecular complexity index is 1080. The third-order valence-corrected chi connectivity index (χ3v) is 5.89. The summed E-state index contributed by atoms with van der Waals surface area (Å²) < 4.78 is 38.9. The Labute approximate surface area is 179 Å². The molecule has 2 aliphatic heterocycles. The van der Waals surface area contributed by atoms with Crippen molar-refractivity contribution in [2.24, 2.45) is 10.9 Å². The van der Waals surface area contributed by atoms with Gasteiger partial charge in [0.25, 0.3) is 0 Å². The third kappa shape index (κ3) is 3.74. The molecule has 1 aliphatic carbocycles. The zero-order valence-corrected chi connectivity index (χ0v) is 17.0. The standard InChI is InChI=1S/C25H22F2N2O2/c1-30-19-10-9-18-11-12-29(23(18)13-19)14-16-5-7-17(8-6-16)22-15-31-25(28-22)24-20(26)3-2-4-21(24)27/h2-13,18,22-23H,14-15H2,1H3. The minimum atomic E-state index is -0.671. The molecule has 0 radical (unpaired) electrons. The summed E-state index contributed by atoms with van der Waals surface area (Å²) in [6.45, 7) is 1.04. The van der Waals surface area contributed by atoms with Gasteiger partial charge < -0.3 is 14.4 Å². The van der Waals surface area contributed by atoms with Crippen LogP contribution in [0.25, 0.3) is 0 Å². The van der Waals surface area contributed by atoms with Crippen molar-refractivity contribution in [1.29, 1.82) is 0 Å². The van der Waals surface area contributed by atoms with E-state index in [0.29, 0.717) is 5.92 Å². The van der Waals surface area contributed by atoms with E-state index in [4.69, 9.17) is 9.47 Å². The van der Waals surface area contributed by atoms with Crippen LogP contribution in [0.15, 0.2) is 83.7 Å². The van der Waals surface area contributed by atoms with Crippen LogP contribution in [0.4, 0.5) is 8.78 Å². The number of ether oxygens (including phenoxy) is 2. The fourth-order valence-electron chi connectivity index (χ4n) is 4.19. The number of methoxy groups -OCH3 is 1. The van der Waals surface area contributed by atoms with Gasteiger partial charge in [-0.25, -0.2) is 13.8 Å². The maximum Gasteiger partial charge on any atom is 0.222 e. The molecule has 6 heteroatoms. The molecule has 3 unspecified atom stereocenters. The molecule has 0 amide bonds. The van der Waals surface area contributed by atoms with Crippen molar-refractivity contribution in [3.05, 3.63) is 107 Å². The molecular formula is C25H22F2N2O2. The molecule has 0 saturated carbocycles. The van der Waals surface area contributed by atoms with Crippen LogP contribution in [0.2, 0.25) is 0 Å². The summed E-state index contributed by atoms with van der Waals surface area (Å²) in [6.07, 6.45) is 10.7. The minimum Gasteiger partial charge on any atom is -0.497 e. The summed E-state index contributed by atoms with van der Waals surface area (Å²) in [5.74, 6) is -0.0826. The number of hydrogen-bond acceptors (Lipinski definition) is 4. The van der Waals surface area contributed by atoms with Crippen LogP contribution < -0.4 is 0 Å². The number of rotatable bonds is 5. The maximum absolute atomic E-state index is 14.0. The molecule has 0 saturated heterocycles. The Morgan fingerprint density at radius 1 is 1.10 bits per heavy atom. The maximum atomic E-state index is 14.0. The van der Waals surface area contributed by atoms with Crippen LogP contribution in [-0.2, 0) is 16.0 Å². The Balaban J connectivity index is 1.29. The van der Waals surface area contributed by atoms with Crippen molar-refractivity contribution in [2.75, 3.05) is 13.7 Å². The van der Waals surface area contributed by atoms with Crippen molar-refractivity contribution in [3.8, 4) is 0 Å². The van der Waals surface area contributed by atoms with Gasteiger partial charge in [0.2, 0.25) is 5.90 Å². The van der Waals surface area contributed by atoms with Crippen LogP contribution in [-0.4, -0.2) is 30.6 Å². The molecule has 0 N–H and O–H groups in total. The number of allylic oxidation sites excluding steroid dienone is 1. The fraction of sp³-hybridized carbons (Fsp3) is 0.240. The first-order valence-electron chi connectivity index (χ1n) is 10.2. The van der Waals surface area contributed by atoms with E-state index in [2.05, 4.69) is 46.5 Å². The average Bonchev–Trinajstić information content (AvgIpc) is 3.42. The Hall–Kier alpha value is -3.41. The number of aliphatic imine (C=N–C) groups is 1. The smallest absolute Gasteiger partial charge is 0.222 e. The van der Waals surface area contributed by atoms with Gasteiger partial charge in [0, 0.05) is 12.5 Å². The predicted molar refractivity (Wildman–Crippen MR) is 114 cm³/mol. The Morgan fingerprint density at radius 2 is 1.87 bits per heavy atom. The molecule has 2 heterocycles. The predicted octanol–water partition coefficient (Wildman–Crippen LogP) is 4.90. The highest BCUT2D eigenvalue weighted by Crippen LogP contribution is 2.31. The van der Waals surface area contributed by atoms with Gasteiger partial charge in [-0.2, -0.15) is 0 Å². The van der Waals surface area contributed by atoms with Crippen molar-refractivity contribution in [3.63, 3.8) is 0 Å². The number of nitrogens with zero attached hydrogens (tertiary/aromatic N) is 2. The number of fused-ring (bicyclic) bond motifs is 1. The van der Waals surface area contributed by atoms with Gasteiger partial charge in [0.1, 0.15) is 35.6 Å². The summed E-state index contributed by atoms with van der Waals surface area (Å²) in [6, 6.07) is 11.8. The molecule has 0 bridgehead atoms.